The smallest absolute Gasteiger partial charge is 0.269 e. The number of rotatable bonds is 5. The van der Waals surface area contributed by atoms with Crippen molar-refractivity contribution in [3.8, 4) is 16.9 Å². The molecule has 2 N–H and O–H groups in total. The summed E-state index contributed by atoms with van der Waals surface area (Å²) in [5.74, 6) is 0.521. The molecule has 3 aromatic carbocycles. The lowest BCUT2D eigenvalue weighted by Crippen LogP contribution is -2.29. The standard InChI is InChI=1S/C20H18N2O2/c1-24-19-13-12-16(14-18(19)15-8-4-2-5-9-15)20(23)22-21-17-10-6-3-7-11-17/h2-14,21H,1H3,(H,22,23). The third-order valence-electron chi connectivity index (χ3n) is 3.64. The van der Waals surface area contributed by atoms with E-state index in [1.165, 1.54) is 0 Å². The predicted molar refractivity (Wildman–Crippen MR) is 96.0 cm³/mol. The van der Waals surface area contributed by atoms with Crippen molar-refractivity contribution in [2.45, 2.75) is 0 Å². The molecule has 0 atom stereocenters. The molecule has 0 saturated heterocycles. The van der Waals surface area contributed by atoms with Gasteiger partial charge in [0.05, 0.1) is 12.8 Å². The van der Waals surface area contributed by atoms with Gasteiger partial charge in [-0.25, -0.2) is 0 Å². The fourth-order valence-corrected chi connectivity index (χ4v) is 2.42. The first-order chi connectivity index (χ1) is 11.8. The zero-order valence-electron chi connectivity index (χ0n) is 13.3. The van der Waals surface area contributed by atoms with Crippen molar-refractivity contribution in [2.75, 3.05) is 12.5 Å². The maximum atomic E-state index is 12.4. The Labute approximate surface area is 141 Å². The van der Waals surface area contributed by atoms with E-state index in [1.807, 2.05) is 66.7 Å². The van der Waals surface area contributed by atoms with Crippen molar-refractivity contribution >= 4 is 11.6 Å². The third-order valence-corrected chi connectivity index (χ3v) is 3.64. The van der Waals surface area contributed by atoms with Gasteiger partial charge in [0.15, 0.2) is 0 Å². The van der Waals surface area contributed by atoms with Crippen molar-refractivity contribution < 1.29 is 9.53 Å². The largest absolute Gasteiger partial charge is 0.496 e. The van der Waals surface area contributed by atoms with Crippen LogP contribution in [0.5, 0.6) is 5.75 Å². The highest BCUT2D eigenvalue weighted by Crippen LogP contribution is 2.30. The highest BCUT2D eigenvalue weighted by atomic mass is 16.5. The molecule has 0 bridgehead atoms. The van der Waals surface area contributed by atoms with Crippen LogP contribution in [0.25, 0.3) is 11.1 Å². The van der Waals surface area contributed by atoms with E-state index in [4.69, 9.17) is 4.74 Å². The summed E-state index contributed by atoms with van der Waals surface area (Å²) >= 11 is 0. The topological polar surface area (TPSA) is 50.4 Å². The number of carbonyl (C=O) groups is 1. The van der Waals surface area contributed by atoms with Gasteiger partial charge in [0.1, 0.15) is 5.75 Å². The van der Waals surface area contributed by atoms with E-state index in [0.29, 0.717) is 5.56 Å². The minimum atomic E-state index is -0.210. The number of para-hydroxylation sites is 1. The summed E-state index contributed by atoms with van der Waals surface area (Å²) in [6, 6.07) is 24.7. The maximum Gasteiger partial charge on any atom is 0.269 e. The molecule has 0 aliphatic rings. The van der Waals surface area contributed by atoms with E-state index in [2.05, 4.69) is 10.9 Å². The number of nitrogens with one attached hydrogen (secondary N) is 2. The first-order valence-electron chi connectivity index (χ1n) is 7.63. The lowest BCUT2D eigenvalue weighted by Gasteiger charge is -2.12. The second kappa shape index (κ2) is 7.33. The van der Waals surface area contributed by atoms with Gasteiger partial charge in [-0.1, -0.05) is 48.5 Å². The second-order valence-corrected chi connectivity index (χ2v) is 5.23. The van der Waals surface area contributed by atoms with Crippen LogP contribution in [0.15, 0.2) is 78.9 Å². The first-order valence-corrected chi connectivity index (χ1v) is 7.63. The van der Waals surface area contributed by atoms with Crippen LogP contribution in [0.1, 0.15) is 10.4 Å². The van der Waals surface area contributed by atoms with Crippen LogP contribution in [0.3, 0.4) is 0 Å². The molecule has 3 rings (SSSR count). The Hall–Kier alpha value is -3.27. The van der Waals surface area contributed by atoms with E-state index in [-0.39, 0.29) is 5.91 Å². The Morgan fingerprint density at radius 1 is 0.875 bits per heavy atom. The zero-order chi connectivity index (χ0) is 16.8. The first kappa shape index (κ1) is 15.6. The number of hydrogen-bond donors (Lipinski definition) is 2. The van der Waals surface area contributed by atoms with Crippen LogP contribution in [-0.2, 0) is 0 Å². The Kier molecular flexibility index (Phi) is 4.77. The molecule has 0 spiro atoms. The molecule has 1 amide bonds. The molecule has 0 aliphatic carbocycles. The van der Waals surface area contributed by atoms with Gasteiger partial charge in [0.2, 0.25) is 0 Å². The molecule has 24 heavy (non-hydrogen) atoms. The maximum absolute atomic E-state index is 12.4. The van der Waals surface area contributed by atoms with Crippen LogP contribution in [0.2, 0.25) is 0 Å². The number of anilines is 1. The molecular formula is C20H18N2O2. The van der Waals surface area contributed by atoms with Crippen molar-refractivity contribution in [3.63, 3.8) is 0 Å². The van der Waals surface area contributed by atoms with Gasteiger partial charge in [-0.05, 0) is 35.9 Å². The van der Waals surface area contributed by atoms with Gasteiger partial charge in [0, 0.05) is 11.1 Å². The Bertz CT molecular complexity index is 818. The van der Waals surface area contributed by atoms with Crippen LogP contribution in [0.4, 0.5) is 5.69 Å². The quantitative estimate of drug-likeness (QED) is 0.696. The number of ether oxygens (including phenoxy) is 1. The summed E-state index contributed by atoms with van der Waals surface area (Å²) < 4.78 is 5.42. The highest BCUT2D eigenvalue weighted by molar-refractivity contribution is 5.96. The number of amides is 1. The summed E-state index contributed by atoms with van der Waals surface area (Å²) in [6.07, 6.45) is 0. The third kappa shape index (κ3) is 3.55. The molecule has 3 aromatic rings. The number of hydrogen-bond acceptors (Lipinski definition) is 3. The summed E-state index contributed by atoms with van der Waals surface area (Å²) in [5.41, 5.74) is 8.86. The normalized spacial score (nSPS) is 10.0. The Morgan fingerprint density at radius 2 is 1.54 bits per heavy atom. The van der Waals surface area contributed by atoms with Crippen LogP contribution in [-0.4, -0.2) is 13.0 Å². The molecule has 0 aliphatic heterocycles. The number of methoxy groups -OCH3 is 1. The van der Waals surface area contributed by atoms with E-state index >= 15 is 0 Å². The number of hydrazine groups is 1. The average Bonchev–Trinajstić information content (AvgIpc) is 2.67. The molecule has 0 fully saturated rings. The predicted octanol–water partition coefficient (Wildman–Crippen LogP) is 4.12. The molecular weight excluding hydrogens is 300 g/mol. The van der Waals surface area contributed by atoms with Crippen LogP contribution < -0.4 is 15.6 Å². The van der Waals surface area contributed by atoms with Crippen LogP contribution >= 0.6 is 0 Å². The van der Waals surface area contributed by atoms with Crippen molar-refractivity contribution in [3.05, 3.63) is 84.4 Å². The van der Waals surface area contributed by atoms with Crippen molar-refractivity contribution in [1.29, 1.82) is 0 Å². The van der Waals surface area contributed by atoms with Gasteiger partial charge in [0.25, 0.3) is 5.91 Å². The van der Waals surface area contributed by atoms with Gasteiger partial charge < -0.3 is 4.74 Å². The molecule has 4 heteroatoms. The minimum Gasteiger partial charge on any atom is -0.496 e. The molecule has 0 heterocycles. The SMILES string of the molecule is COc1ccc(C(=O)NNc2ccccc2)cc1-c1ccccc1. The molecule has 0 radical (unpaired) electrons. The van der Waals surface area contributed by atoms with Gasteiger partial charge >= 0.3 is 0 Å². The summed E-state index contributed by atoms with van der Waals surface area (Å²) in [4.78, 5) is 12.4. The Morgan fingerprint density at radius 3 is 2.21 bits per heavy atom. The van der Waals surface area contributed by atoms with E-state index in [1.54, 1.807) is 19.2 Å². The van der Waals surface area contributed by atoms with Crippen LogP contribution in [0, 0.1) is 0 Å². The van der Waals surface area contributed by atoms with Crippen molar-refractivity contribution in [2.24, 2.45) is 0 Å². The zero-order valence-corrected chi connectivity index (χ0v) is 13.3. The summed E-state index contributed by atoms with van der Waals surface area (Å²) in [7, 11) is 1.62. The fourth-order valence-electron chi connectivity index (χ4n) is 2.42. The molecule has 0 unspecified atom stereocenters. The van der Waals surface area contributed by atoms with Gasteiger partial charge in [-0.15, -0.1) is 0 Å². The summed E-state index contributed by atoms with van der Waals surface area (Å²) in [6.45, 7) is 0. The van der Waals surface area contributed by atoms with Crippen molar-refractivity contribution in [1.82, 2.24) is 5.43 Å². The fraction of sp³-hybridized carbons (Fsp3) is 0.0500. The molecule has 4 nitrogen and oxygen atoms in total. The van der Waals surface area contributed by atoms with E-state index < -0.39 is 0 Å². The second-order valence-electron chi connectivity index (χ2n) is 5.23. The van der Waals surface area contributed by atoms with E-state index in [9.17, 15) is 4.79 Å². The number of benzene rings is 3. The van der Waals surface area contributed by atoms with Gasteiger partial charge in [-0.2, -0.15) is 0 Å². The average molecular weight is 318 g/mol. The lowest BCUT2D eigenvalue weighted by molar-refractivity contribution is 0.0962. The summed E-state index contributed by atoms with van der Waals surface area (Å²) in [5, 5.41) is 0. The molecule has 0 aromatic heterocycles. The molecule has 120 valence electrons. The molecule has 0 saturated carbocycles. The highest BCUT2D eigenvalue weighted by Gasteiger charge is 2.11. The lowest BCUT2D eigenvalue weighted by atomic mass is 10.0. The van der Waals surface area contributed by atoms with E-state index in [0.717, 1.165) is 22.6 Å². The Balaban J connectivity index is 1.82. The van der Waals surface area contributed by atoms with Gasteiger partial charge in [-0.3, -0.25) is 15.6 Å². The monoisotopic (exact) mass is 318 g/mol. The minimum absolute atomic E-state index is 0.210. The number of carbonyl (C=O) groups excluding carboxylic acids is 1.